The number of carbonyl (C=O) groups excluding carboxylic acids is 1. The molecule has 162 valence electrons. The summed E-state index contributed by atoms with van der Waals surface area (Å²) in [5.41, 5.74) is -0.720. The maximum absolute atomic E-state index is 13.8. The molecule has 0 unspecified atom stereocenters. The third kappa shape index (κ3) is 3.58. The minimum absolute atomic E-state index is 0.0333. The number of hydrogen-bond acceptors (Lipinski definition) is 5. The lowest BCUT2D eigenvalue weighted by Crippen LogP contribution is -2.16. The van der Waals surface area contributed by atoms with Gasteiger partial charge >= 0.3 is 6.18 Å². The summed E-state index contributed by atoms with van der Waals surface area (Å²) in [4.78, 5) is 16.9. The Balaban J connectivity index is 1.58. The normalized spacial score (nSPS) is 12.9. The summed E-state index contributed by atoms with van der Waals surface area (Å²) in [5.74, 6) is 0.182. The van der Waals surface area contributed by atoms with Crippen LogP contribution in [0.15, 0.2) is 54.6 Å². The number of hydrogen-bond donors (Lipinski definition) is 1. The van der Waals surface area contributed by atoms with Crippen LogP contribution in [0.25, 0.3) is 16.9 Å². The monoisotopic (exact) mass is 460 g/mol. The first-order valence-electron chi connectivity index (χ1n) is 9.23. The highest BCUT2D eigenvalue weighted by Crippen LogP contribution is 2.37. The van der Waals surface area contributed by atoms with Gasteiger partial charge in [0.25, 0.3) is 5.91 Å². The van der Waals surface area contributed by atoms with Gasteiger partial charge in [0.2, 0.25) is 6.79 Å². The van der Waals surface area contributed by atoms with Crippen molar-refractivity contribution in [3.63, 3.8) is 0 Å². The van der Waals surface area contributed by atoms with Crippen LogP contribution in [-0.4, -0.2) is 27.3 Å². The molecule has 4 aromatic rings. The van der Waals surface area contributed by atoms with Crippen LogP contribution in [0, 0.1) is 0 Å². The number of ether oxygens (including phenoxy) is 2. The first-order valence-corrected chi connectivity index (χ1v) is 9.61. The van der Waals surface area contributed by atoms with Crippen molar-refractivity contribution in [2.24, 2.45) is 0 Å². The number of halogens is 4. The Morgan fingerprint density at radius 1 is 1.06 bits per heavy atom. The van der Waals surface area contributed by atoms with E-state index in [1.165, 1.54) is 6.07 Å². The van der Waals surface area contributed by atoms with E-state index >= 15 is 0 Å². The molecule has 1 aliphatic heterocycles. The molecule has 5 rings (SSSR count). The number of nitrogens with one attached hydrogen (secondary N) is 1. The molecule has 1 N–H and O–H groups in total. The number of alkyl halides is 3. The van der Waals surface area contributed by atoms with E-state index in [1.54, 1.807) is 42.5 Å². The minimum atomic E-state index is -4.74. The number of carbonyl (C=O) groups is 1. The van der Waals surface area contributed by atoms with Crippen LogP contribution in [0.3, 0.4) is 0 Å². The van der Waals surface area contributed by atoms with Crippen LogP contribution >= 0.6 is 11.6 Å². The van der Waals surface area contributed by atoms with Crippen molar-refractivity contribution in [1.82, 2.24) is 14.6 Å². The van der Waals surface area contributed by atoms with Crippen molar-refractivity contribution in [1.29, 1.82) is 0 Å². The van der Waals surface area contributed by atoms with Gasteiger partial charge in [0.15, 0.2) is 28.5 Å². The second-order valence-corrected chi connectivity index (χ2v) is 7.23. The Bertz CT molecular complexity index is 1370. The Morgan fingerprint density at radius 2 is 1.84 bits per heavy atom. The number of amides is 1. The molecule has 11 heteroatoms. The molecule has 7 nitrogen and oxygen atoms in total. The van der Waals surface area contributed by atoms with E-state index in [9.17, 15) is 18.0 Å². The quantitative estimate of drug-likeness (QED) is 0.463. The standard InChI is InChI=1S/C21H12ClF3N4O3/c22-12-3-1-2-4-13(12)27-20(30)15-9-19-26-14(8-18(21(23,24)25)29(19)28-15)11-5-6-16-17(7-11)32-10-31-16/h1-9H,10H2,(H,27,30). The molecule has 32 heavy (non-hydrogen) atoms. The zero-order valence-electron chi connectivity index (χ0n) is 16.0. The molecule has 2 aromatic carbocycles. The topological polar surface area (TPSA) is 77.8 Å². The molecule has 0 fully saturated rings. The number of fused-ring (bicyclic) bond motifs is 2. The summed E-state index contributed by atoms with van der Waals surface area (Å²) in [7, 11) is 0. The van der Waals surface area contributed by atoms with Crippen LogP contribution in [-0.2, 0) is 6.18 Å². The molecule has 0 saturated heterocycles. The van der Waals surface area contributed by atoms with Crippen LogP contribution in [0.2, 0.25) is 5.02 Å². The van der Waals surface area contributed by atoms with Crippen molar-refractivity contribution in [2.75, 3.05) is 12.1 Å². The van der Waals surface area contributed by atoms with Gasteiger partial charge in [-0.3, -0.25) is 4.79 Å². The van der Waals surface area contributed by atoms with Gasteiger partial charge in [-0.15, -0.1) is 0 Å². The Labute approximate surface area is 183 Å². The van der Waals surface area contributed by atoms with Crippen LogP contribution < -0.4 is 14.8 Å². The largest absolute Gasteiger partial charge is 0.454 e. The first kappa shape index (κ1) is 20.1. The van der Waals surface area contributed by atoms with Gasteiger partial charge in [-0.1, -0.05) is 23.7 Å². The van der Waals surface area contributed by atoms with Crippen molar-refractivity contribution in [3.8, 4) is 22.8 Å². The molecule has 0 aliphatic carbocycles. The fourth-order valence-corrected chi connectivity index (χ4v) is 3.42. The van der Waals surface area contributed by atoms with Crippen molar-refractivity contribution in [2.45, 2.75) is 6.18 Å². The SMILES string of the molecule is O=C(Nc1ccccc1Cl)c1cc2nc(-c3ccc4c(c3)OCO4)cc(C(F)(F)F)n2n1. The summed E-state index contributed by atoms with van der Waals surface area (Å²) in [6.45, 7) is 0.0333. The summed E-state index contributed by atoms with van der Waals surface area (Å²) in [6.07, 6.45) is -4.74. The molecule has 1 aliphatic rings. The van der Waals surface area contributed by atoms with E-state index < -0.39 is 17.8 Å². The second kappa shape index (κ2) is 7.41. The van der Waals surface area contributed by atoms with E-state index in [1.807, 2.05) is 0 Å². The Morgan fingerprint density at radius 3 is 2.62 bits per heavy atom. The molecule has 0 saturated carbocycles. The average molecular weight is 461 g/mol. The third-order valence-electron chi connectivity index (χ3n) is 4.74. The van der Waals surface area contributed by atoms with E-state index in [4.69, 9.17) is 21.1 Å². The summed E-state index contributed by atoms with van der Waals surface area (Å²) < 4.78 is 52.5. The van der Waals surface area contributed by atoms with Gasteiger partial charge in [0, 0.05) is 11.6 Å². The highest BCUT2D eigenvalue weighted by molar-refractivity contribution is 6.33. The van der Waals surface area contributed by atoms with Crippen LogP contribution in [0.1, 0.15) is 16.2 Å². The number of anilines is 1. The second-order valence-electron chi connectivity index (χ2n) is 6.83. The zero-order valence-corrected chi connectivity index (χ0v) is 16.7. The van der Waals surface area contributed by atoms with E-state index in [0.717, 1.165) is 6.07 Å². The van der Waals surface area contributed by atoms with Crippen LogP contribution in [0.4, 0.5) is 18.9 Å². The fraction of sp³-hybridized carbons (Fsp3) is 0.0952. The molecular weight excluding hydrogens is 449 g/mol. The van der Waals surface area contributed by atoms with E-state index in [2.05, 4.69) is 15.4 Å². The Hall–Kier alpha value is -3.79. The predicted octanol–water partition coefficient (Wildman–Crippen LogP) is 5.05. The van der Waals surface area contributed by atoms with Gasteiger partial charge in [-0.05, 0) is 36.4 Å². The Kier molecular flexibility index (Phi) is 4.66. The van der Waals surface area contributed by atoms with Crippen molar-refractivity contribution in [3.05, 3.63) is 71.0 Å². The van der Waals surface area contributed by atoms with Gasteiger partial charge in [0.1, 0.15) is 0 Å². The van der Waals surface area contributed by atoms with E-state index in [0.29, 0.717) is 27.3 Å². The molecule has 2 aromatic heterocycles. The predicted molar refractivity (Wildman–Crippen MR) is 109 cm³/mol. The number of rotatable bonds is 3. The zero-order chi connectivity index (χ0) is 22.5. The molecule has 0 atom stereocenters. The number of benzene rings is 2. The maximum atomic E-state index is 13.8. The lowest BCUT2D eigenvalue weighted by atomic mass is 10.1. The molecule has 0 bridgehead atoms. The molecule has 3 heterocycles. The summed E-state index contributed by atoms with van der Waals surface area (Å²) in [6, 6.07) is 13.2. The summed E-state index contributed by atoms with van der Waals surface area (Å²) >= 11 is 6.03. The lowest BCUT2D eigenvalue weighted by Gasteiger charge is -2.11. The van der Waals surface area contributed by atoms with E-state index in [-0.39, 0.29) is 28.9 Å². The molecule has 0 spiro atoms. The third-order valence-corrected chi connectivity index (χ3v) is 5.07. The molecular formula is C21H12ClF3N4O3. The first-order chi connectivity index (χ1) is 15.3. The maximum Gasteiger partial charge on any atom is 0.433 e. The molecule has 0 radical (unpaired) electrons. The fourth-order valence-electron chi connectivity index (χ4n) is 3.24. The number of nitrogens with zero attached hydrogens (tertiary/aromatic N) is 3. The van der Waals surface area contributed by atoms with Crippen LogP contribution in [0.5, 0.6) is 11.5 Å². The van der Waals surface area contributed by atoms with Gasteiger partial charge < -0.3 is 14.8 Å². The highest BCUT2D eigenvalue weighted by Gasteiger charge is 2.36. The minimum Gasteiger partial charge on any atom is -0.454 e. The van der Waals surface area contributed by atoms with Crippen molar-refractivity contribution < 1.29 is 27.4 Å². The van der Waals surface area contributed by atoms with Gasteiger partial charge in [-0.25, -0.2) is 9.50 Å². The van der Waals surface area contributed by atoms with Gasteiger partial charge in [0.05, 0.1) is 16.4 Å². The highest BCUT2D eigenvalue weighted by atomic mass is 35.5. The lowest BCUT2D eigenvalue weighted by molar-refractivity contribution is -0.142. The van der Waals surface area contributed by atoms with Crippen molar-refractivity contribution >= 4 is 28.8 Å². The summed E-state index contributed by atoms with van der Waals surface area (Å²) in [5, 5.41) is 6.65. The smallest absolute Gasteiger partial charge is 0.433 e. The molecule has 1 amide bonds. The number of para-hydroxylation sites is 1. The number of aromatic nitrogens is 3. The average Bonchev–Trinajstić information content (AvgIpc) is 3.40. The van der Waals surface area contributed by atoms with Gasteiger partial charge in [-0.2, -0.15) is 18.3 Å².